The van der Waals surface area contributed by atoms with Crippen molar-refractivity contribution >= 4 is 44.5 Å². The van der Waals surface area contributed by atoms with Crippen LogP contribution in [0.1, 0.15) is 36.8 Å². The summed E-state index contributed by atoms with van der Waals surface area (Å²) in [7, 11) is 0. The summed E-state index contributed by atoms with van der Waals surface area (Å²) >= 11 is 1.32. The number of piperazine rings is 1. The highest BCUT2D eigenvalue weighted by Crippen LogP contribution is 2.30. The van der Waals surface area contributed by atoms with E-state index in [9.17, 15) is 14.9 Å². The fourth-order valence-electron chi connectivity index (χ4n) is 4.14. The van der Waals surface area contributed by atoms with Gasteiger partial charge in [-0.1, -0.05) is 11.3 Å². The second-order valence-corrected chi connectivity index (χ2v) is 10.9. The standard InChI is InChI=1S/C27H26N8O3S/c1-27(2,3)38-26(37)35-10-8-34(9-11-35)21-13-19(14-28)30-16-20(21)24(36)33-25-32-23-22(39-25)12-18(15-31-23)17-4-6-29-7-5-17/h4-7,12-13,15-16H,8-11H2,1-3H3,(H,31,32,33,36). The normalized spacial score (nSPS) is 13.7. The SMILES string of the molecule is CC(C)(C)OC(=O)N1CCN(c2cc(C#N)ncc2C(=O)Nc2nc3ncc(-c4ccncc4)cc3s2)CC1. The van der Waals surface area contributed by atoms with Crippen LogP contribution in [0, 0.1) is 11.3 Å². The van der Waals surface area contributed by atoms with Gasteiger partial charge < -0.3 is 14.5 Å². The number of rotatable bonds is 4. The number of hydrogen-bond donors (Lipinski definition) is 1. The van der Waals surface area contributed by atoms with E-state index >= 15 is 0 Å². The molecular formula is C27H26N8O3S. The van der Waals surface area contributed by atoms with Gasteiger partial charge in [-0.15, -0.1) is 0 Å². The van der Waals surface area contributed by atoms with Crippen LogP contribution in [-0.4, -0.2) is 68.6 Å². The van der Waals surface area contributed by atoms with Crippen LogP contribution in [0.3, 0.4) is 0 Å². The van der Waals surface area contributed by atoms with Gasteiger partial charge >= 0.3 is 6.09 Å². The lowest BCUT2D eigenvalue weighted by Gasteiger charge is -2.37. The second-order valence-electron chi connectivity index (χ2n) is 9.91. The molecule has 1 aliphatic heterocycles. The Hall–Kier alpha value is -4.63. The summed E-state index contributed by atoms with van der Waals surface area (Å²) in [5.41, 5.74) is 2.94. The molecule has 39 heavy (non-hydrogen) atoms. The summed E-state index contributed by atoms with van der Waals surface area (Å²) in [5, 5.41) is 12.7. The highest BCUT2D eigenvalue weighted by Gasteiger charge is 2.28. The smallest absolute Gasteiger partial charge is 0.410 e. The molecule has 0 radical (unpaired) electrons. The number of ether oxygens (including phenoxy) is 1. The Labute approximate surface area is 229 Å². The highest BCUT2D eigenvalue weighted by molar-refractivity contribution is 7.22. The van der Waals surface area contributed by atoms with E-state index < -0.39 is 11.5 Å². The van der Waals surface area contributed by atoms with Crippen LogP contribution in [-0.2, 0) is 4.74 Å². The third-order valence-corrected chi connectivity index (χ3v) is 6.90. The molecule has 1 N–H and O–H groups in total. The maximum Gasteiger partial charge on any atom is 0.410 e. The zero-order valence-corrected chi connectivity index (χ0v) is 22.5. The molecule has 0 atom stereocenters. The fourth-order valence-corrected chi connectivity index (χ4v) is 5.00. The van der Waals surface area contributed by atoms with E-state index in [4.69, 9.17) is 4.74 Å². The van der Waals surface area contributed by atoms with Crippen molar-refractivity contribution in [2.75, 3.05) is 36.4 Å². The van der Waals surface area contributed by atoms with E-state index in [0.29, 0.717) is 48.2 Å². The monoisotopic (exact) mass is 542 g/mol. The van der Waals surface area contributed by atoms with Gasteiger partial charge in [0.05, 0.1) is 16.0 Å². The number of carbonyl (C=O) groups is 2. The highest BCUT2D eigenvalue weighted by atomic mass is 32.1. The van der Waals surface area contributed by atoms with Crippen molar-refractivity contribution in [1.29, 1.82) is 5.26 Å². The summed E-state index contributed by atoms with van der Waals surface area (Å²) in [6.45, 7) is 7.26. The molecule has 0 aliphatic carbocycles. The maximum atomic E-state index is 13.4. The number of nitriles is 1. The van der Waals surface area contributed by atoms with Gasteiger partial charge in [0.1, 0.15) is 17.4 Å². The van der Waals surface area contributed by atoms with Crippen LogP contribution in [0.4, 0.5) is 15.6 Å². The number of pyridine rings is 3. The first-order valence-electron chi connectivity index (χ1n) is 12.3. The van der Waals surface area contributed by atoms with Gasteiger partial charge in [0.25, 0.3) is 5.91 Å². The first-order chi connectivity index (χ1) is 18.7. The van der Waals surface area contributed by atoms with Crippen molar-refractivity contribution < 1.29 is 14.3 Å². The first-order valence-corrected chi connectivity index (χ1v) is 13.1. The molecular weight excluding hydrogens is 516 g/mol. The summed E-state index contributed by atoms with van der Waals surface area (Å²) in [6.07, 6.45) is 6.21. The average Bonchev–Trinajstić information content (AvgIpc) is 3.33. The van der Waals surface area contributed by atoms with E-state index in [-0.39, 0.29) is 11.8 Å². The summed E-state index contributed by atoms with van der Waals surface area (Å²) in [4.78, 5) is 46.5. The van der Waals surface area contributed by atoms with E-state index in [2.05, 4.69) is 25.3 Å². The summed E-state index contributed by atoms with van der Waals surface area (Å²) in [6, 6.07) is 9.41. The first kappa shape index (κ1) is 26.0. The number of aromatic nitrogens is 4. The largest absolute Gasteiger partial charge is 0.444 e. The predicted molar refractivity (Wildman–Crippen MR) is 148 cm³/mol. The summed E-state index contributed by atoms with van der Waals surface area (Å²) in [5.74, 6) is -0.398. The Morgan fingerprint density at radius 3 is 2.49 bits per heavy atom. The van der Waals surface area contributed by atoms with Crippen LogP contribution < -0.4 is 10.2 Å². The van der Waals surface area contributed by atoms with Crippen LogP contribution in [0.15, 0.2) is 49.1 Å². The molecule has 4 aromatic rings. The Morgan fingerprint density at radius 2 is 1.79 bits per heavy atom. The molecule has 4 aromatic heterocycles. The molecule has 5 rings (SSSR count). The number of thiazole rings is 1. The molecule has 1 fully saturated rings. The van der Waals surface area contributed by atoms with Gasteiger partial charge in [0.2, 0.25) is 0 Å². The lowest BCUT2D eigenvalue weighted by atomic mass is 10.1. The molecule has 0 unspecified atom stereocenters. The molecule has 5 heterocycles. The number of amides is 2. The van der Waals surface area contributed by atoms with E-state index in [1.54, 1.807) is 29.6 Å². The minimum absolute atomic E-state index is 0.198. The van der Waals surface area contributed by atoms with Crippen molar-refractivity contribution in [3.8, 4) is 17.2 Å². The van der Waals surface area contributed by atoms with Crippen LogP contribution >= 0.6 is 11.3 Å². The minimum atomic E-state index is -0.580. The topological polar surface area (TPSA) is 137 Å². The summed E-state index contributed by atoms with van der Waals surface area (Å²) < 4.78 is 6.31. The van der Waals surface area contributed by atoms with Gasteiger partial charge in [-0.3, -0.25) is 15.1 Å². The molecule has 2 amide bonds. The lowest BCUT2D eigenvalue weighted by Crippen LogP contribution is -2.50. The molecule has 1 saturated heterocycles. The Morgan fingerprint density at radius 1 is 1.05 bits per heavy atom. The Kier molecular flexibility index (Phi) is 7.08. The minimum Gasteiger partial charge on any atom is -0.444 e. The maximum absolute atomic E-state index is 13.4. The number of anilines is 2. The van der Waals surface area contributed by atoms with Crippen LogP contribution in [0.25, 0.3) is 21.5 Å². The van der Waals surface area contributed by atoms with E-state index in [0.717, 1.165) is 15.8 Å². The zero-order valence-electron chi connectivity index (χ0n) is 21.7. The lowest BCUT2D eigenvalue weighted by molar-refractivity contribution is 0.0240. The Bertz CT molecular complexity index is 1570. The van der Waals surface area contributed by atoms with Gasteiger partial charge in [0, 0.05) is 56.5 Å². The number of carbonyl (C=O) groups excluding carboxylic acids is 2. The molecule has 0 aromatic carbocycles. The number of nitrogens with zero attached hydrogens (tertiary/aromatic N) is 7. The van der Waals surface area contributed by atoms with Gasteiger partial charge in [-0.2, -0.15) is 10.2 Å². The molecule has 0 spiro atoms. The number of hydrogen-bond acceptors (Lipinski definition) is 10. The third kappa shape index (κ3) is 5.94. The predicted octanol–water partition coefficient (Wildman–Crippen LogP) is 4.33. The molecule has 1 aliphatic rings. The van der Waals surface area contributed by atoms with Crippen molar-refractivity contribution in [3.05, 3.63) is 60.3 Å². The van der Waals surface area contributed by atoms with E-state index in [1.807, 2.05) is 49.9 Å². The van der Waals surface area contributed by atoms with Gasteiger partial charge in [-0.25, -0.2) is 14.8 Å². The number of fused-ring (bicyclic) bond motifs is 1. The molecule has 0 bridgehead atoms. The quantitative estimate of drug-likeness (QED) is 0.399. The Balaban J connectivity index is 1.34. The fraction of sp³-hybridized carbons (Fsp3) is 0.296. The number of nitrogens with one attached hydrogen (secondary N) is 1. The van der Waals surface area contributed by atoms with Crippen molar-refractivity contribution in [2.24, 2.45) is 0 Å². The molecule has 198 valence electrons. The average molecular weight is 543 g/mol. The van der Waals surface area contributed by atoms with Gasteiger partial charge in [-0.05, 0) is 50.6 Å². The van der Waals surface area contributed by atoms with Crippen LogP contribution in [0.2, 0.25) is 0 Å². The van der Waals surface area contributed by atoms with Crippen molar-refractivity contribution in [2.45, 2.75) is 26.4 Å². The molecule has 0 saturated carbocycles. The van der Waals surface area contributed by atoms with Gasteiger partial charge in [0.15, 0.2) is 10.8 Å². The second kappa shape index (κ2) is 10.6. The van der Waals surface area contributed by atoms with E-state index in [1.165, 1.54) is 17.5 Å². The molecule has 11 nitrogen and oxygen atoms in total. The third-order valence-electron chi connectivity index (χ3n) is 5.99. The zero-order chi connectivity index (χ0) is 27.6. The van der Waals surface area contributed by atoms with Crippen LogP contribution in [0.5, 0.6) is 0 Å². The van der Waals surface area contributed by atoms with Crippen molar-refractivity contribution in [3.63, 3.8) is 0 Å². The van der Waals surface area contributed by atoms with Crippen molar-refractivity contribution in [1.82, 2.24) is 24.8 Å². The molecule has 12 heteroatoms.